The first-order chi connectivity index (χ1) is 22.6. The van der Waals surface area contributed by atoms with Gasteiger partial charge in [0, 0.05) is 0 Å². The minimum absolute atomic E-state index is 0.359. The van der Waals surface area contributed by atoms with E-state index in [1.165, 1.54) is 167 Å². The highest BCUT2D eigenvalue weighted by atomic mass is 16.3. The molecule has 0 aromatic carbocycles. The fourth-order valence-corrected chi connectivity index (χ4v) is 6.36. The predicted octanol–water partition coefficient (Wildman–Crippen LogP) is 11.3. The average molecular weight is 652 g/mol. The van der Waals surface area contributed by atoms with Crippen LogP contribution in [-0.2, 0) is 4.79 Å². The van der Waals surface area contributed by atoms with Crippen molar-refractivity contribution in [1.29, 1.82) is 0 Å². The molecule has 5 heteroatoms. The highest BCUT2D eigenvalue weighted by Crippen LogP contribution is 2.16. The largest absolute Gasteiger partial charge is 0.394 e. The zero-order valence-electron chi connectivity index (χ0n) is 31.0. The number of allylic oxidation sites excluding steroid dienone is 1. The van der Waals surface area contributed by atoms with E-state index < -0.39 is 24.2 Å². The van der Waals surface area contributed by atoms with Crippen molar-refractivity contribution < 1.29 is 20.1 Å². The smallest absolute Gasteiger partial charge is 0.249 e. The number of nitrogens with one attached hydrogen (secondary N) is 1. The van der Waals surface area contributed by atoms with Crippen molar-refractivity contribution >= 4 is 5.91 Å². The Morgan fingerprint density at radius 1 is 0.522 bits per heavy atom. The molecule has 1 amide bonds. The van der Waals surface area contributed by atoms with Gasteiger partial charge in [-0.3, -0.25) is 4.79 Å². The molecular weight excluding hydrogens is 570 g/mol. The Labute approximate surface area is 287 Å². The molecule has 0 aromatic rings. The van der Waals surface area contributed by atoms with Crippen molar-refractivity contribution in [3.05, 3.63) is 12.2 Å². The summed E-state index contributed by atoms with van der Waals surface area (Å²) in [4.78, 5) is 12.4. The SMILES string of the molecule is CCCCCCCCCCCCC/C=C/C(O)C(CO)NC(=O)C(O)CCCCCCCCCCCCCCCCCCCCC. The summed E-state index contributed by atoms with van der Waals surface area (Å²) in [5, 5.41) is 33.0. The first kappa shape index (κ1) is 45.1. The summed E-state index contributed by atoms with van der Waals surface area (Å²) < 4.78 is 0. The molecule has 0 fully saturated rings. The van der Waals surface area contributed by atoms with E-state index in [1.54, 1.807) is 6.08 Å². The van der Waals surface area contributed by atoms with Crippen molar-refractivity contribution in [2.75, 3.05) is 6.61 Å². The van der Waals surface area contributed by atoms with Crippen LogP contribution < -0.4 is 5.32 Å². The molecule has 0 radical (unpaired) electrons. The molecule has 0 saturated heterocycles. The summed E-state index contributed by atoms with van der Waals surface area (Å²) in [5.41, 5.74) is 0. The molecule has 0 heterocycles. The second kappa shape index (κ2) is 36.9. The monoisotopic (exact) mass is 652 g/mol. The number of carbonyl (C=O) groups is 1. The van der Waals surface area contributed by atoms with Crippen molar-refractivity contribution in [3.8, 4) is 0 Å². The molecule has 0 rings (SSSR count). The lowest BCUT2D eigenvalue weighted by atomic mass is 10.0. The van der Waals surface area contributed by atoms with Crippen LogP contribution >= 0.6 is 0 Å². The van der Waals surface area contributed by atoms with Crippen molar-refractivity contribution in [1.82, 2.24) is 5.32 Å². The molecule has 0 aliphatic rings. The number of aliphatic hydroxyl groups excluding tert-OH is 3. The Kier molecular flexibility index (Phi) is 36.2. The van der Waals surface area contributed by atoms with Crippen LogP contribution in [0.15, 0.2) is 12.2 Å². The van der Waals surface area contributed by atoms with Gasteiger partial charge < -0.3 is 20.6 Å². The van der Waals surface area contributed by atoms with Crippen LogP contribution in [0.25, 0.3) is 0 Å². The lowest BCUT2D eigenvalue weighted by Crippen LogP contribution is -2.48. The molecule has 0 saturated carbocycles. The number of carbonyl (C=O) groups excluding carboxylic acids is 1. The van der Waals surface area contributed by atoms with Gasteiger partial charge in [0.05, 0.1) is 18.8 Å². The Morgan fingerprint density at radius 3 is 1.20 bits per heavy atom. The standard InChI is InChI=1S/C41H81NO4/c1-3-5-7-9-11-13-15-17-18-19-20-21-22-24-26-28-30-32-34-36-40(45)41(46)42-38(37-43)39(44)35-33-31-29-27-25-23-16-14-12-10-8-6-4-2/h33,35,38-40,43-45H,3-32,34,36-37H2,1-2H3,(H,42,46)/b35-33+. The lowest BCUT2D eigenvalue weighted by Gasteiger charge is -2.21. The van der Waals surface area contributed by atoms with Crippen molar-refractivity contribution in [2.24, 2.45) is 0 Å². The summed E-state index contributed by atoms with van der Waals surface area (Å²) in [7, 11) is 0. The first-order valence-corrected chi connectivity index (χ1v) is 20.5. The van der Waals surface area contributed by atoms with Gasteiger partial charge in [-0.05, 0) is 19.3 Å². The fraction of sp³-hybridized carbons (Fsp3) is 0.927. The van der Waals surface area contributed by atoms with E-state index in [9.17, 15) is 20.1 Å². The van der Waals surface area contributed by atoms with Crippen LogP contribution in [0.1, 0.15) is 219 Å². The molecule has 4 N–H and O–H groups in total. The maximum absolute atomic E-state index is 12.4. The molecule has 274 valence electrons. The maximum Gasteiger partial charge on any atom is 0.249 e. The van der Waals surface area contributed by atoms with Gasteiger partial charge in [0.15, 0.2) is 0 Å². The number of aliphatic hydroxyl groups is 3. The Balaban J connectivity index is 3.65. The minimum Gasteiger partial charge on any atom is -0.394 e. The highest BCUT2D eigenvalue weighted by molar-refractivity contribution is 5.80. The van der Waals surface area contributed by atoms with Gasteiger partial charge in [0.2, 0.25) is 5.91 Å². The molecule has 5 nitrogen and oxygen atoms in total. The van der Waals surface area contributed by atoms with E-state index >= 15 is 0 Å². The van der Waals surface area contributed by atoms with Crippen LogP contribution in [0.3, 0.4) is 0 Å². The normalized spacial score (nSPS) is 13.8. The third-order valence-electron chi connectivity index (χ3n) is 9.63. The summed E-state index contributed by atoms with van der Waals surface area (Å²) >= 11 is 0. The Morgan fingerprint density at radius 2 is 0.848 bits per heavy atom. The van der Waals surface area contributed by atoms with Gasteiger partial charge >= 0.3 is 0 Å². The second-order valence-corrected chi connectivity index (χ2v) is 14.2. The number of hydrogen-bond donors (Lipinski definition) is 4. The average Bonchev–Trinajstić information content (AvgIpc) is 3.06. The topological polar surface area (TPSA) is 89.8 Å². The van der Waals surface area contributed by atoms with E-state index in [2.05, 4.69) is 19.2 Å². The van der Waals surface area contributed by atoms with E-state index in [1.807, 2.05) is 6.08 Å². The van der Waals surface area contributed by atoms with E-state index in [-0.39, 0.29) is 6.61 Å². The van der Waals surface area contributed by atoms with Gasteiger partial charge in [-0.25, -0.2) is 0 Å². The zero-order valence-corrected chi connectivity index (χ0v) is 31.0. The maximum atomic E-state index is 12.4. The van der Waals surface area contributed by atoms with Gasteiger partial charge in [-0.2, -0.15) is 0 Å². The predicted molar refractivity (Wildman–Crippen MR) is 199 cm³/mol. The summed E-state index contributed by atoms with van der Waals surface area (Å²) in [5.74, 6) is -0.501. The Hall–Kier alpha value is -0.910. The lowest BCUT2D eigenvalue weighted by molar-refractivity contribution is -0.131. The van der Waals surface area contributed by atoms with Crippen LogP contribution in [0.2, 0.25) is 0 Å². The van der Waals surface area contributed by atoms with Gasteiger partial charge in [0.1, 0.15) is 6.10 Å². The fourth-order valence-electron chi connectivity index (χ4n) is 6.36. The van der Waals surface area contributed by atoms with E-state index in [4.69, 9.17) is 0 Å². The third-order valence-corrected chi connectivity index (χ3v) is 9.63. The number of amides is 1. The minimum atomic E-state index is -1.09. The summed E-state index contributed by atoms with van der Waals surface area (Å²) in [6.07, 6.45) is 42.3. The van der Waals surface area contributed by atoms with Crippen LogP contribution in [-0.4, -0.2) is 46.1 Å². The Bertz CT molecular complexity index is 640. The van der Waals surface area contributed by atoms with Crippen LogP contribution in [0.4, 0.5) is 0 Å². The second-order valence-electron chi connectivity index (χ2n) is 14.2. The molecule has 0 spiro atoms. The number of unbranched alkanes of at least 4 members (excludes halogenated alkanes) is 29. The van der Waals surface area contributed by atoms with Gasteiger partial charge in [0.25, 0.3) is 0 Å². The van der Waals surface area contributed by atoms with Gasteiger partial charge in [-0.1, -0.05) is 212 Å². The van der Waals surface area contributed by atoms with Crippen LogP contribution in [0, 0.1) is 0 Å². The molecule has 46 heavy (non-hydrogen) atoms. The summed E-state index contributed by atoms with van der Waals surface area (Å²) in [6.45, 7) is 4.18. The third kappa shape index (κ3) is 31.7. The molecule has 3 unspecified atom stereocenters. The number of hydrogen-bond acceptors (Lipinski definition) is 4. The van der Waals surface area contributed by atoms with E-state index in [0.717, 1.165) is 32.1 Å². The quantitative estimate of drug-likeness (QED) is 0.0397. The number of rotatable bonds is 37. The molecule has 0 aromatic heterocycles. The summed E-state index contributed by atoms with van der Waals surface area (Å²) in [6, 6.07) is -0.791. The molecule has 0 bridgehead atoms. The molecule has 3 atom stereocenters. The molecule has 0 aliphatic heterocycles. The molecular formula is C41H81NO4. The van der Waals surface area contributed by atoms with Crippen molar-refractivity contribution in [2.45, 2.75) is 238 Å². The van der Waals surface area contributed by atoms with Crippen molar-refractivity contribution in [3.63, 3.8) is 0 Å². The van der Waals surface area contributed by atoms with Gasteiger partial charge in [-0.15, -0.1) is 0 Å². The zero-order chi connectivity index (χ0) is 33.8. The van der Waals surface area contributed by atoms with Crippen LogP contribution in [0.5, 0.6) is 0 Å². The molecule has 0 aliphatic carbocycles. The first-order valence-electron chi connectivity index (χ1n) is 20.5. The highest BCUT2D eigenvalue weighted by Gasteiger charge is 2.22. The van der Waals surface area contributed by atoms with E-state index in [0.29, 0.717) is 6.42 Å².